The molecule has 0 spiro atoms. The molecule has 142 valence electrons. The zero-order chi connectivity index (χ0) is 19.2. The predicted octanol–water partition coefficient (Wildman–Crippen LogP) is 3.66. The van der Waals surface area contributed by atoms with Crippen LogP contribution in [-0.4, -0.2) is 35.3 Å². The number of benzene rings is 1. The lowest BCUT2D eigenvalue weighted by molar-refractivity contribution is -0.149. The fourth-order valence-corrected chi connectivity index (χ4v) is 3.82. The number of carbonyl (C=O) groups is 1. The molecule has 7 heteroatoms. The van der Waals surface area contributed by atoms with Crippen molar-refractivity contribution in [2.45, 2.75) is 26.3 Å². The first-order chi connectivity index (χ1) is 13.2. The molecule has 1 atom stereocenters. The van der Waals surface area contributed by atoms with Crippen LogP contribution in [0.5, 0.6) is 0 Å². The Hall–Kier alpha value is -2.51. The van der Waals surface area contributed by atoms with Crippen LogP contribution in [0.2, 0.25) is 0 Å². The number of hydrogen-bond donors (Lipinski definition) is 0. The highest BCUT2D eigenvalue weighted by atomic mass is 32.1. The summed E-state index contributed by atoms with van der Waals surface area (Å²) in [6.45, 7) is 4.80. The molecular weight excluding hydrogens is 364 g/mol. The van der Waals surface area contributed by atoms with Crippen LogP contribution < -0.4 is 5.56 Å². The third-order valence-electron chi connectivity index (χ3n) is 4.21. The van der Waals surface area contributed by atoms with Crippen molar-refractivity contribution in [2.24, 2.45) is 0 Å². The van der Waals surface area contributed by atoms with E-state index < -0.39 is 12.0 Å². The molecule has 2 heterocycles. The van der Waals surface area contributed by atoms with Gasteiger partial charge in [-0.05, 0) is 25.0 Å². The summed E-state index contributed by atoms with van der Waals surface area (Å²) in [5.74, 6) is -0.445. The maximum Gasteiger partial charge on any atom is 0.329 e. The van der Waals surface area contributed by atoms with Crippen LogP contribution >= 0.6 is 11.3 Å². The van der Waals surface area contributed by atoms with E-state index in [-0.39, 0.29) is 12.2 Å². The lowest BCUT2D eigenvalue weighted by Gasteiger charge is -2.16. The predicted molar refractivity (Wildman–Crippen MR) is 106 cm³/mol. The zero-order valence-electron chi connectivity index (χ0n) is 15.4. The average Bonchev–Trinajstić information content (AvgIpc) is 3.13. The van der Waals surface area contributed by atoms with Gasteiger partial charge in [-0.1, -0.05) is 37.3 Å². The van der Waals surface area contributed by atoms with Crippen LogP contribution in [0.25, 0.3) is 20.7 Å². The number of aromatic nitrogens is 2. The molecule has 0 radical (unpaired) electrons. The minimum absolute atomic E-state index is 0.171. The quantitative estimate of drug-likeness (QED) is 0.436. The number of thiophene rings is 1. The Morgan fingerprint density at radius 1 is 1.22 bits per heavy atom. The van der Waals surface area contributed by atoms with Crippen LogP contribution in [0, 0.1) is 0 Å². The number of fused-ring (bicyclic) bond motifs is 1. The second kappa shape index (κ2) is 8.92. The van der Waals surface area contributed by atoms with Crippen molar-refractivity contribution in [2.75, 3.05) is 19.8 Å². The number of rotatable bonds is 8. The summed E-state index contributed by atoms with van der Waals surface area (Å²) in [6, 6.07) is 11.0. The minimum Gasteiger partial charge on any atom is -0.462 e. The van der Waals surface area contributed by atoms with Gasteiger partial charge >= 0.3 is 5.97 Å². The van der Waals surface area contributed by atoms with E-state index >= 15 is 0 Å². The van der Waals surface area contributed by atoms with E-state index in [0.717, 1.165) is 10.4 Å². The molecule has 1 aromatic carbocycles. The lowest BCUT2D eigenvalue weighted by Crippen LogP contribution is -2.31. The van der Waals surface area contributed by atoms with E-state index in [9.17, 15) is 9.59 Å². The Kier molecular flexibility index (Phi) is 6.36. The highest BCUT2D eigenvalue weighted by Crippen LogP contribution is 2.30. The molecule has 0 saturated carbocycles. The summed E-state index contributed by atoms with van der Waals surface area (Å²) in [5.41, 5.74) is 0.806. The summed E-state index contributed by atoms with van der Waals surface area (Å²) >= 11 is 1.46. The van der Waals surface area contributed by atoms with Gasteiger partial charge in [0.05, 0.1) is 18.3 Å². The van der Waals surface area contributed by atoms with Crippen molar-refractivity contribution < 1.29 is 14.3 Å². The number of carbonyl (C=O) groups excluding carboxylic acids is 1. The maximum atomic E-state index is 13.0. The summed E-state index contributed by atoms with van der Waals surface area (Å²) in [5, 5.41) is 0.516. The first-order valence-corrected chi connectivity index (χ1v) is 9.77. The molecule has 0 saturated heterocycles. The van der Waals surface area contributed by atoms with Gasteiger partial charge in [0.2, 0.25) is 0 Å². The summed E-state index contributed by atoms with van der Waals surface area (Å²) in [7, 11) is 0. The Bertz CT molecular complexity index is 965. The van der Waals surface area contributed by atoms with Crippen molar-refractivity contribution in [3.8, 4) is 10.4 Å². The number of esters is 1. The van der Waals surface area contributed by atoms with E-state index in [1.807, 2.05) is 50.2 Å². The number of hydrogen-bond acceptors (Lipinski definition) is 6. The summed E-state index contributed by atoms with van der Waals surface area (Å²) in [4.78, 5) is 31.4. The van der Waals surface area contributed by atoms with Crippen LogP contribution in [-0.2, 0) is 14.3 Å². The van der Waals surface area contributed by atoms with Gasteiger partial charge in [-0.3, -0.25) is 9.36 Å². The zero-order valence-corrected chi connectivity index (χ0v) is 16.2. The van der Waals surface area contributed by atoms with E-state index in [2.05, 4.69) is 4.98 Å². The molecular formula is C20H22N2O4S. The van der Waals surface area contributed by atoms with Crippen LogP contribution in [0.15, 0.2) is 47.5 Å². The molecule has 0 fully saturated rings. The molecule has 0 aliphatic carbocycles. The second-order valence-corrected chi connectivity index (χ2v) is 6.97. The second-order valence-electron chi connectivity index (χ2n) is 5.94. The van der Waals surface area contributed by atoms with Gasteiger partial charge < -0.3 is 9.47 Å². The standard InChI is InChI=1S/C20H22N2O4S/c1-3-16(20(24)26-11-10-25-4-2)22-13-21-18-15(19(22)23)12-17(27-18)14-8-6-5-7-9-14/h5-9,12-13,16H,3-4,10-11H2,1-2H3. The van der Waals surface area contributed by atoms with Crippen molar-refractivity contribution in [3.05, 3.63) is 53.1 Å². The molecule has 1 unspecified atom stereocenters. The smallest absolute Gasteiger partial charge is 0.329 e. The van der Waals surface area contributed by atoms with E-state index in [1.54, 1.807) is 0 Å². The molecule has 6 nitrogen and oxygen atoms in total. The van der Waals surface area contributed by atoms with Crippen molar-refractivity contribution in [3.63, 3.8) is 0 Å². The first kappa shape index (κ1) is 19.3. The Balaban J connectivity index is 1.89. The van der Waals surface area contributed by atoms with Crippen molar-refractivity contribution in [1.82, 2.24) is 9.55 Å². The Labute approximate surface area is 161 Å². The van der Waals surface area contributed by atoms with Gasteiger partial charge in [-0.25, -0.2) is 9.78 Å². The highest BCUT2D eigenvalue weighted by molar-refractivity contribution is 7.21. The molecule has 3 rings (SSSR count). The molecule has 0 bridgehead atoms. The summed E-state index contributed by atoms with van der Waals surface area (Å²) < 4.78 is 11.8. The highest BCUT2D eigenvalue weighted by Gasteiger charge is 2.23. The van der Waals surface area contributed by atoms with Gasteiger partial charge in [-0.2, -0.15) is 0 Å². The molecule has 27 heavy (non-hydrogen) atoms. The van der Waals surface area contributed by atoms with E-state index in [4.69, 9.17) is 9.47 Å². The number of nitrogens with zero attached hydrogens (tertiary/aromatic N) is 2. The maximum absolute atomic E-state index is 13.0. The van der Waals surface area contributed by atoms with Crippen molar-refractivity contribution >= 4 is 27.5 Å². The SMILES string of the molecule is CCOCCOC(=O)C(CC)n1cnc2sc(-c3ccccc3)cc2c1=O. The Morgan fingerprint density at radius 2 is 2.00 bits per heavy atom. The molecule has 0 amide bonds. The average molecular weight is 386 g/mol. The first-order valence-electron chi connectivity index (χ1n) is 8.96. The number of ether oxygens (including phenoxy) is 2. The third-order valence-corrected chi connectivity index (χ3v) is 5.30. The van der Waals surface area contributed by atoms with Gasteiger partial charge in [0.1, 0.15) is 17.5 Å². The van der Waals surface area contributed by atoms with Gasteiger partial charge in [-0.15, -0.1) is 11.3 Å². The third kappa shape index (κ3) is 4.26. The molecule has 2 aromatic heterocycles. The van der Waals surface area contributed by atoms with Crippen LogP contribution in [0.1, 0.15) is 26.3 Å². The molecule has 0 aliphatic rings. The fourth-order valence-electron chi connectivity index (χ4n) is 2.82. The van der Waals surface area contributed by atoms with Crippen molar-refractivity contribution in [1.29, 1.82) is 0 Å². The normalized spacial score (nSPS) is 12.2. The molecule has 3 aromatic rings. The summed E-state index contributed by atoms with van der Waals surface area (Å²) in [6.07, 6.45) is 1.88. The minimum atomic E-state index is -0.698. The molecule has 0 N–H and O–H groups in total. The molecule has 0 aliphatic heterocycles. The van der Waals surface area contributed by atoms with Gasteiger partial charge in [0.15, 0.2) is 0 Å². The largest absolute Gasteiger partial charge is 0.462 e. The van der Waals surface area contributed by atoms with E-state index in [0.29, 0.717) is 29.9 Å². The van der Waals surface area contributed by atoms with Crippen LogP contribution in [0.3, 0.4) is 0 Å². The van der Waals surface area contributed by atoms with Gasteiger partial charge in [0, 0.05) is 11.5 Å². The van der Waals surface area contributed by atoms with Gasteiger partial charge in [0.25, 0.3) is 5.56 Å². The topological polar surface area (TPSA) is 70.4 Å². The Morgan fingerprint density at radius 3 is 2.70 bits per heavy atom. The monoisotopic (exact) mass is 386 g/mol. The van der Waals surface area contributed by atoms with Crippen LogP contribution in [0.4, 0.5) is 0 Å². The fraction of sp³-hybridized carbons (Fsp3) is 0.350. The lowest BCUT2D eigenvalue weighted by atomic mass is 10.2. The van der Waals surface area contributed by atoms with E-state index in [1.165, 1.54) is 22.2 Å².